The summed E-state index contributed by atoms with van der Waals surface area (Å²) in [5, 5.41) is 0. The molecule has 3 rings (SSSR count). The van der Waals surface area contributed by atoms with Crippen LogP contribution in [0.4, 0.5) is 0 Å². The zero-order valence-corrected chi connectivity index (χ0v) is 17.3. The minimum absolute atomic E-state index is 0.0557. The molecule has 1 unspecified atom stereocenters. The van der Waals surface area contributed by atoms with E-state index in [1.807, 2.05) is 36.4 Å². The maximum atomic E-state index is 6.12. The van der Waals surface area contributed by atoms with E-state index in [4.69, 9.17) is 18.9 Å². The molecule has 0 bridgehead atoms. The summed E-state index contributed by atoms with van der Waals surface area (Å²) in [6.07, 6.45) is 1.40. The molecule has 2 aromatic carbocycles. The molecule has 0 radical (unpaired) electrons. The first kappa shape index (κ1) is 21.3. The molecule has 0 saturated carbocycles. The van der Waals surface area contributed by atoms with Crippen molar-refractivity contribution < 1.29 is 18.9 Å². The molecule has 2 aromatic rings. The molecule has 0 aromatic heterocycles. The molecule has 152 valence electrons. The van der Waals surface area contributed by atoms with Crippen LogP contribution in [-0.2, 0) is 32.2 Å². The molecule has 1 saturated heterocycles. The minimum Gasteiger partial charge on any atom is -0.375 e. The van der Waals surface area contributed by atoms with Gasteiger partial charge in [0, 0.05) is 13.0 Å². The average Bonchev–Trinajstić information content (AvgIpc) is 2.74. The maximum Gasteiger partial charge on any atom is 0.127 e. The van der Waals surface area contributed by atoms with Crippen molar-refractivity contribution in [2.75, 3.05) is 13.2 Å². The van der Waals surface area contributed by atoms with Gasteiger partial charge >= 0.3 is 0 Å². The summed E-state index contributed by atoms with van der Waals surface area (Å²) in [6.45, 7) is 4.39. The van der Waals surface area contributed by atoms with Crippen molar-refractivity contribution in [3.8, 4) is 0 Å². The van der Waals surface area contributed by atoms with Gasteiger partial charge in [0.2, 0.25) is 0 Å². The quantitative estimate of drug-likeness (QED) is 0.588. The van der Waals surface area contributed by atoms with E-state index in [9.17, 15) is 0 Å². The van der Waals surface area contributed by atoms with Crippen LogP contribution >= 0.6 is 12.6 Å². The van der Waals surface area contributed by atoms with Gasteiger partial charge in [-0.3, -0.25) is 0 Å². The van der Waals surface area contributed by atoms with Gasteiger partial charge in [-0.25, -0.2) is 0 Å². The van der Waals surface area contributed by atoms with E-state index in [0.29, 0.717) is 26.4 Å². The topological polar surface area (TPSA) is 36.9 Å². The van der Waals surface area contributed by atoms with Crippen molar-refractivity contribution in [3.05, 3.63) is 71.8 Å². The maximum absolute atomic E-state index is 6.12. The fourth-order valence-corrected chi connectivity index (χ4v) is 3.60. The highest BCUT2D eigenvalue weighted by atomic mass is 32.1. The molecule has 1 fully saturated rings. The monoisotopic (exact) mass is 402 g/mol. The van der Waals surface area contributed by atoms with Crippen LogP contribution in [0.5, 0.6) is 0 Å². The summed E-state index contributed by atoms with van der Waals surface area (Å²) in [5.41, 5.74) is 1.99. The van der Waals surface area contributed by atoms with Crippen molar-refractivity contribution in [2.24, 2.45) is 0 Å². The van der Waals surface area contributed by atoms with Crippen LogP contribution in [0.2, 0.25) is 0 Å². The molecule has 1 aliphatic rings. The smallest absolute Gasteiger partial charge is 0.127 e. The Morgan fingerprint density at radius 2 is 1.54 bits per heavy atom. The summed E-state index contributed by atoms with van der Waals surface area (Å²) >= 11 is 4.63. The average molecular weight is 403 g/mol. The highest BCUT2D eigenvalue weighted by Crippen LogP contribution is 2.28. The zero-order valence-electron chi connectivity index (χ0n) is 16.4. The van der Waals surface area contributed by atoms with Crippen LogP contribution in [0.1, 0.15) is 30.9 Å². The summed E-state index contributed by atoms with van der Waals surface area (Å²) < 4.78 is 24.2. The van der Waals surface area contributed by atoms with E-state index in [2.05, 4.69) is 43.8 Å². The number of rotatable bonds is 10. The zero-order chi connectivity index (χ0) is 19.6. The van der Waals surface area contributed by atoms with Crippen molar-refractivity contribution in [3.63, 3.8) is 0 Å². The van der Waals surface area contributed by atoms with Crippen molar-refractivity contribution in [2.45, 2.75) is 56.7 Å². The van der Waals surface area contributed by atoms with Gasteiger partial charge in [-0.15, -0.1) is 12.6 Å². The van der Waals surface area contributed by atoms with Gasteiger partial charge in [0.05, 0.1) is 32.0 Å². The normalized spacial score (nSPS) is 24.9. The Morgan fingerprint density at radius 1 is 0.893 bits per heavy atom. The third-order valence-corrected chi connectivity index (χ3v) is 5.20. The summed E-state index contributed by atoms with van der Waals surface area (Å²) in [7, 11) is 0. The van der Waals surface area contributed by atoms with Gasteiger partial charge < -0.3 is 18.9 Å². The lowest BCUT2D eigenvalue weighted by Crippen LogP contribution is -2.49. The molecule has 5 heteroatoms. The second kappa shape index (κ2) is 11.6. The molecular formula is C23H30O4S. The van der Waals surface area contributed by atoms with Gasteiger partial charge in [-0.1, -0.05) is 67.6 Å². The lowest BCUT2D eigenvalue weighted by Gasteiger charge is -2.39. The fraction of sp³-hybridized carbons (Fsp3) is 0.478. The Bertz CT molecular complexity index is 667. The molecule has 1 aliphatic heterocycles. The Labute approximate surface area is 173 Å². The van der Waals surface area contributed by atoms with Crippen molar-refractivity contribution in [1.82, 2.24) is 0 Å². The third-order valence-electron chi connectivity index (χ3n) is 4.75. The second-order valence-corrected chi connectivity index (χ2v) is 7.55. The van der Waals surface area contributed by atoms with E-state index in [1.54, 1.807) is 0 Å². The Hall–Kier alpha value is -1.37. The predicted molar refractivity (Wildman–Crippen MR) is 113 cm³/mol. The SMILES string of the molecule is CCCO[C@H]1C[C@@H](OCc2ccccc2)C(S)O[C@@H]1COCc1ccccc1. The Morgan fingerprint density at radius 3 is 2.18 bits per heavy atom. The first-order valence-corrected chi connectivity index (χ1v) is 10.5. The molecule has 0 aliphatic carbocycles. The van der Waals surface area contributed by atoms with Crippen LogP contribution < -0.4 is 0 Å². The lowest BCUT2D eigenvalue weighted by molar-refractivity contribution is -0.188. The molecule has 28 heavy (non-hydrogen) atoms. The summed E-state index contributed by atoms with van der Waals surface area (Å²) in [4.78, 5) is 0. The highest BCUT2D eigenvalue weighted by molar-refractivity contribution is 7.80. The molecule has 1 heterocycles. The van der Waals surface area contributed by atoms with Crippen LogP contribution in [0, 0.1) is 0 Å². The molecule has 4 atom stereocenters. The fourth-order valence-electron chi connectivity index (χ4n) is 3.24. The lowest BCUT2D eigenvalue weighted by atomic mass is 10.0. The molecule has 0 spiro atoms. The number of hydrogen-bond donors (Lipinski definition) is 1. The third kappa shape index (κ3) is 6.61. The van der Waals surface area contributed by atoms with Crippen molar-refractivity contribution in [1.29, 1.82) is 0 Å². The van der Waals surface area contributed by atoms with E-state index in [-0.39, 0.29) is 23.7 Å². The van der Waals surface area contributed by atoms with Gasteiger partial charge in [0.15, 0.2) is 0 Å². The van der Waals surface area contributed by atoms with E-state index >= 15 is 0 Å². The van der Waals surface area contributed by atoms with E-state index in [0.717, 1.165) is 24.0 Å². The summed E-state index contributed by atoms with van der Waals surface area (Å²) in [6, 6.07) is 20.3. The van der Waals surface area contributed by atoms with Crippen LogP contribution in [-0.4, -0.2) is 37.0 Å². The number of thiol groups is 1. The molecule has 4 nitrogen and oxygen atoms in total. The van der Waals surface area contributed by atoms with Crippen LogP contribution in [0.25, 0.3) is 0 Å². The van der Waals surface area contributed by atoms with Gasteiger partial charge in [0.1, 0.15) is 11.5 Å². The van der Waals surface area contributed by atoms with Crippen LogP contribution in [0.15, 0.2) is 60.7 Å². The summed E-state index contributed by atoms with van der Waals surface area (Å²) in [5.74, 6) is 0. The van der Waals surface area contributed by atoms with Gasteiger partial charge in [0.25, 0.3) is 0 Å². The Balaban J connectivity index is 1.52. The predicted octanol–water partition coefficient (Wildman–Crippen LogP) is 4.63. The first-order valence-electron chi connectivity index (χ1n) is 9.98. The van der Waals surface area contributed by atoms with Gasteiger partial charge in [-0.2, -0.15) is 0 Å². The Kier molecular flexibility index (Phi) is 8.83. The number of hydrogen-bond acceptors (Lipinski definition) is 5. The van der Waals surface area contributed by atoms with E-state index in [1.165, 1.54) is 0 Å². The highest BCUT2D eigenvalue weighted by Gasteiger charge is 2.38. The molecular weight excluding hydrogens is 372 g/mol. The van der Waals surface area contributed by atoms with Crippen molar-refractivity contribution >= 4 is 12.6 Å². The van der Waals surface area contributed by atoms with Crippen LogP contribution in [0.3, 0.4) is 0 Å². The second-order valence-electron chi connectivity index (χ2n) is 7.05. The first-order chi connectivity index (χ1) is 13.8. The molecule has 0 amide bonds. The minimum atomic E-state index is -0.296. The largest absolute Gasteiger partial charge is 0.375 e. The van der Waals surface area contributed by atoms with E-state index < -0.39 is 0 Å². The molecule has 0 N–H and O–H groups in total. The van der Waals surface area contributed by atoms with Gasteiger partial charge in [-0.05, 0) is 17.5 Å². The number of benzene rings is 2. The number of ether oxygens (including phenoxy) is 4. The standard InChI is InChI=1S/C23H30O4S/c1-2-13-25-20-14-21(26-16-19-11-7-4-8-12-19)23(28)27-22(20)17-24-15-18-9-5-3-6-10-18/h3-12,20-23,28H,2,13-17H2,1H3/t20-,21+,22+,23?/m0/s1.